The molecule has 1 aromatic carbocycles. The number of pyridine rings is 1. The molecule has 0 atom stereocenters. The minimum atomic E-state index is -0.387. The van der Waals surface area contributed by atoms with Gasteiger partial charge in [0.2, 0.25) is 5.95 Å². The first-order valence-electron chi connectivity index (χ1n) is 11.7. The van der Waals surface area contributed by atoms with Crippen LogP contribution >= 0.6 is 11.8 Å². The zero-order chi connectivity index (χ0) is 24.0. The van der Waals surface area contributed by atoms with E-state index in [0.29, 0.717) is 28.6 Å². The zero-order valence-electron chi connectivity index (χ0n) is 19.1. The summed E-state index contributed by atoms with van der Waals surface area (Å²) in [6, 6.07) is 15.1. The van der Waals surface area contributed by atoms with E-state index in [1.807, 2.05) is 24.5 Å². The van der Waals surface area contributed by atoms with Gasteiger partial charge in [0.05, 0.1) is 10.6 Å². The summed E-state index contributed by atoms with van der Waals surface area (Å²) in [4.78, 5) is 36.4. The third kappa shape index (κ3) is 5.93. The summed E-state index contributed by atoms with van der Waals surface area (Å²) in [5, 5.41) is 9.06. The van der Waals surface area contributed by atoms with Crippen molar-refractivity contribution in [3.8, 4) is 11.1 Å². The molecule has 8 nitrogen and oxygen atoms in total. The van der Waals surface area contributed by atoms with Gasteiger partial charge in [0.1, 0.15) is 0 Å². The highest BCUT2D eigenvalue weighted by molar-refractivity contribution is 8.18. The first kappa shape index (κ1) is 23.2. The lowest BCUT2D eigenvalue weighted by atomic mass is 9.91. The second-order valence-corrected chi connectivity index (χ2v) is 9.64. The van der Waals surface area contributed by atoms with Crippen molar-refractivity contribution in [1.29, 1.82) is 0 Å². The van der Waals surface area contributed by atoms with Crippen LogP contribution in [0.2, 0.25) is 0 Å². The molecule has 2 fully saturated rings. The van der Waals surface area contributed by atoms with Crippen LogP contribution in [0.5, 0.6) is 0 Å². The van der Waals surface area contributed by atoms with E-state index in [1.54, 1.807) is 18.3 Å². The third-order valence-corrected chi connectivity index (χ3v) is 7.06. The molecule has 1 aliphatic carbocycles. The normalized spacial score (nSPS) is 21.2. The molecule has 2 aromatic heterocycles. The van der Waals surface area contributed by atoms with Gasteiger partial charge in [0, 0.05) is 37.2 Å². The molecule has 0 unspecified atom stereocenters. The highest BCUT2D eigenvalue weighted by Gasteiger charge is 2.25. The summed E-state index contributed by atoms with van der Waals surface area (Å²) in [5.41, 5.74) is 4.30. The fourth-order valence-electron chi connectivity index (χ4n) is 4.44. The smallest absolute Gasteiger partial charge is 0.290 e. The summed E-state index contributed by atoms with van der Waals surface area (Å²) < 4.78 is 0. The van der Waals surface area contributed by atoms with Crippen LogP contribution in [-0.2, 0) is 11.3 Å². The Morgan fingerprint density at radius 2 is 1.74 bits per heavy atom. The van der Waals surface area contributed by atoms with Gasteiger partial charge in [-0.25, -0.2) is 9.97 Å². The molecular weight excluding hydrogens is 460 g/mol. The van der Waals surface area contributed by atoms with E-state index in [0.717, 1.165) is 44.0 Å². The van der Waals surface area contributed by atoms with Crippen molar-refractivity contribution in [1.82, 2.24) is 25.6 Å². The third-order valence-electron chi connectivity index (χ3n) is 6.25. The average Bonchev–Trinajstić information content (AvgIpc) is 3.20. The molecule has 9 heteroatoms. The summed E-state index contributed by atoms with van der Waals surface area (Å²) in [6.45, 7) is 0.829. The Bertz CT molecular complexity index is 1240. The molecule has 5 rings (SSSR count). The SMILES string of the molecule is O=C1NC(=O)C(=Cc2ccnc(N[C@H]3CC[C@H](NCc4ccccc4-c4ccncc4)CC3)n2)S1. The summed E-state index contributed by atoms with van der Waals surface area (Å²) in [7, 11) is 0. The molecule has 1 saturated heterocycles. The van der Waals surface area contributed by atoms with Gasteiger partial charge in [0.25, 0.3) is 11.1 Å². The van der Waals surface area contributed by atoms with E-state index >= 15 is 0 Å². The van der Waals surface area contributed by atoms with Crippen molar-refractivity contribution >= 4 is 34.9 Å². The number of carbonyl (C=O) groups excluding carboxylic acids is 2. The van der Waals surface area contributed by atoms with Crippen LogP contribution in [0.1, 0.15) is 36.9 Å². The molecule has 2 aliphatic rings. The quantitative estimate of drug-likeness (QED) is 0.422. The molecule has 35 heavy (non-hydrogen) atoms. The van der Waals surface area contributed by atoms with Gasteiger partial charge in [-0.15, -0.1) is 0 Å². The summed E-state index contributed by atoms with van der Waals surface area (Å²) in [6.07, 6.45) is 11.1. The van der Waals surface area contributed by atoms with Crippen molar-refractivity contribution in [2.75, 3.05) is 5.32 Å². The van der Waals surface area contributed by atoms with Crippen LogP contribution in [0, 0.1) is 0 Å². The Balaban J connectivity index is 1.14. The molecule has 3 heterocycles. The Morgan fingerprint density at radius 3 is 2.51 bits per heavy atom. The van der Waals surface area contributed by atoms with Crippen molar-refractivity contribution in [2.45, 2.75) is 44.3 Å². The Kier molecular flexibility index (Phi) is 7.15. The standard InChI is InChI=1S/C26H26N6O2S/c33-24-23(35-26(34)32-24)15-21-11-14-28-25(31-21)30-20-7-5-19(6-8-20)29-16-18-3-1-2-4-22(18)17-9-12-27-13-10-17/h1-4,9-15,19-20,29H,5-8,16H2,(H,28,30,31)(H,32,33,34)/t19-,20-. The maximum Gasteiger partial charge on any atom is 0.290 e. The minimum Gasteiger partial charge on any atom is -0.351 e. The van der Waals surface area contributed by atoms with E-state index in [4.69, 9.17) is 0 Å². The number of imide groups is 1. The number of benzene rings is 1. The zero-order valence-corrected chi connectivity index (χ0v) is 19.9. The molecule has 0 bridgehead atoms. The maximum absolute atomic E-state index is 11.8. The fourth-order valence-corrected chi connectivity index (χ4v) is 5.11. The fraction of sp³-hybridized carbons (Fsp3) is 0.269. The lowest BCUT2D eigenvalue weighted by Crippen LogP contribution is -2.37. The van der Waals surface area contributed by atoms with Crippen LogP contribution in [0.25, 0.3) is 17.2 Å². The number of anilines is 1. The number of nitrogens with zero attached hydrogens (tertiary/aromatic N) is 3. The number of hydrogen-bond acceptors (Lipinski definition) is 8. The molecule has 3 N–H and O–H groups in total. The van der Waals surface area contributed by atoms with Crippen LogP contribution in [-0.4, -0.2) is 38.2 Å². The first-order valence-corrected chi connectivity index (χ1v) is 12.5. The maximum atomic E-state index is 11.8. The molecule has 2 amide bonds. The van der Waals surface area contributed by atoms with Gasteiger partial charge in [0.15, 0.2) is 0 Å². The van der Waals surface area contributed by atoms with Crippen LogP contribution in [0.3, 0.4) is 0 Å². The molecule has 0 spiro atoms. The summed E-state index contributed by atoms with van der Waals surface area (Å²) in [5.74, 6) is 0.152. The van der Waals surface area contributed by atoms with Crippen molar-refractivity contribution in [2.24, 2.45) is 0 Å². The Hall–Kier alpha value is -3.56. The highest BCUT2D eigenvalue weighted by Crippen LogP contribution is 2.27. The van der Waals surface area contributed by atoms with Gasteiger partial charge in [-0.1, -0.05) is 24.3 Å². The summed E-state index contributed by atoms with van der Waals surface area (Å²) >= 11 is 0.884. The number of amides is 2. The Morgan fingerprint density at radius 1 is 0.971 bits per heavy atom. The molecule has 178 valence electrons. The van der Waals surface area contributed by atoms with Crippen LogP contribution in [0.15, 0.2) is 66.0 Å². The lowest BCUT2D eigenvalue weighted by Gasteiger charge is -2.30. The van der Waals surface area contributed by atoms with E-state index in [9.17, 15) is 9.59 Å². The second kappa shape index (κ2) is 10.8. The van der Waals surface area contributed by atoms with Gasteiger partial charge in [-0.3, -0.25) is 19.9 Å². The van der Waals surface area contributed by atoms with Crippen LogP contribution < -0.4 is 16.0 Å². The number of nitrogens with one attached hydrogen (secondary N) is 3. The number of aromatic nitrogens is 3. The van der Waals surface area contributed by atoms with E-state index < -0.39 is 0 Å². The van der Waals surface area contributed by atoms with Crippen molar-refractivity contribution in [3.05, 3.63) is 77.2 Å². The van der Waals surface area contributed by atoms with E-state index in [-0.39, 0.29) is 11.1 Å². The second-order valence-electron chi connectivity index (χ2n) is 8.62. The largest absolute Gasteiger partial charge is 0.351 e. The molecule has 0 radical (unpaired) electrons. The monoisotopic (exact) mass is 486 g/mol. The molecule has 3 aromatic rings. The van der Waals surface area contributed by atoms with Crippen molar-refractivity contribution in [3.63, 3.8) is 0 Å². The molecule has 1 aliphatic heterocycles. The van der Waals surface area contributed by atoms with Crippen LogP contribution in [0.4, 0.5) is 10.7 Å². The van der Waals surface area contributed by atoms with Crippen molar-refractivity contribution < 1.29 is 9.59 Å². The van der Waals surface area contributed by atoms with E-state index in [2.05, 4.69) is 55.2 Å². The van der Waals surface area contributed by atoms with Gasteiger partial charge in [-0.05, 0) is 78.4 Å². The lowest BCUT2D eigenvalue weighted by molar-refractivity contribution is -0.115. The minimum absolute atomic E-state index is 0.297. The molecular formula is C26H26N6O2S. The predicted molar refractivity (Wildman–Crippen MR) is 137 cm³/mol. The van der Waals surface area contributed by atoms with Gasteiger partial charge >= 0.3 is 0 Å². The van der Waals surface area contributed by atoms with Gasteiger partial charge in [-0.2, -0.15) is 0 Å². The highest BCUT2D eigenvalue weighted by atomic mass is 32.2. The van der Waals surface area contributed by atoms with E-state index in [1.165, 1.54) is 16.7 Å². The number of thioether (sulfide) groups is 1. The number of carbonyl (C=O) groups is 2. The Labute approximate surface area is 208 Å². The topological polar surface area (TPSA) is 109 Å². The first-order chi connectivity index (χ1) is 17.1. The number of rotatable bonds is 7. The molecule has 1 saturated carbocycles. The van der Waals surface area contributed by atoms with Gasteiger partial charge < -0.3 is 10.6 Å². The predicted octanol–water partition coefficient (Wildman–Crippen LogP) is 4.38. The average molecular weight is 487 g/mol. The number of hydrogen-bond donors (Lipinski definition) is 3.